The summed E-state index contributed by atoms with van der Waals surface area (Å²) in [5.74, 6) is -0.0964. The minimum Gasteiger partial charge on any atom is -0.361 e. The van der Waals surface area contributed by atoms with Gasteiger partial charge in [0.05, 0.1) is 16.9 Å². The molecule has 0 bridgehead atoms. The van der Waals surface area contributed by atoms with Crippen LogP contribution < -0.4 is 10.2 Å². The Bertz CT molecular complexity index is 1310. The zero-order chi connectivity index (χ0) is 23.3. The number of aromatic amines is 1. The van der Waals surface area contributed by atoms with Gasteiger partial charge < -0.3 is 15.2 Å². The quantitative estimate of drug-likeness (QED) is 0.435. The van der Waals surface area contributed by atoms with Crippen LogP contribution in [0, 0.1) is 0 Å². The lowest BCUT2D eigenvalue weighted by molar-refractivity contribution is -0.118. The molecule has 0 saturated carbocycles. The van der Waals surface area contributed by atoms with Crippen LogP contribution in [-0.4, -0.2) is 34.9 Å². The van der Waals surface area contributed by atoms with E-state index in [1.807, 2.05) is 60.8 Å². The van der Waals surface area contributed by atoms with Gasteiger partial charge in [-0.3, -0.25) is 14.6 Å². The largest absolute Gasteiger partial charge is 0.361 e. The van der Waals surface area contributed by atoms with E-state index in [1.165, 1.54) is 10.9 Å². The SMILES string of the molecule is O=C(NCCc1c[nH]c2ccccc12)c1cnc2c(c1)N(C(=O)CCc1ccccc1)CCC2. The van der Waals surface area contributed by atoms with Gasteiger partial charge in [0.25, 0.3) is 5.91 Å². The highest BCUT2D eigenvalue weighted by molar-refractivity contribution is 5.98. The molecule has 0 atom stereocenters. The summed E-state index contributed by atoms with van der Waals surface area (Å²) in [6.45, 7) is 1.19. The van der Waals surface area contributed by atoms with Gasteiger partial charge in [0.2, 0.25) is 5.91 Å². The van der Waals surface area contributed by atoms with E-state index >= 15 is 0 Å². The van der Waals surface area contributed by atoms with Crippen molar-refractivity contribution in [2.24, 2.45) is 0 Å². The van der Waals surface area contributed by atoms with E-state index in [1.54, 1.807) is 11.1 Å². The van der Waals surface area contributed by atoms with E-state index < -0.39 is 0 Å². The molecule has 0 aliphatic carbocycles. The highest BCUT2D eigenvalue weighted by Gasteiger charge is 2.24. The summed E-state index contributed by atoms with van der Waals surface area (Å²) in [5.41, 5.74) is 5.56. The van der Waals surface area contributed by atoms with Crippen molar-refractivity contribution >= 4 is 28.4 Å². The number of amides is 2. The number of carbonyl (C=O) groups excluding carboxylic acids is 2. The first kappa shape index (κ1) is 21.9. The highest BCUT2D eigenvalue weighted by atomic mass is 16.2. The third-order valence-electron chi connectivity index (χ3n) is 6.42. The molecule has 0 unspecified atom stereocenters. The van der Waals surface area contributed by atoms with Gasteiger partial charge >= 0.3 is 0 Å². The summed E-state index contributed by atoms with van der Waals surface area (Å²) in [4.78, 5) is 35.5. The number of benzene rings is 2. The standard InChI is InChI=1S/C28H28N4O2/c33-27(13-12-20-7-2-1-3-8-20)32-16-6-11-25-26(32)17-22(19-31-25)28(34)29-15-14-21-18-30-24-10-5-4-9-23(21)24/h1-5,7-10,17-19,30H,6,11-16H2,(H,29,34). The van der Waals surface area contributed by atoms with Crippen LogP contribution in [-0.2, 0) is 24.1 Å². The van der Waals surface area contributed by atoms with Gasteiger partial charge in [-0.05, 0) is 48.9 Å². The third-order valence-corrected chi connectivity index (χ3v) is 6.42. The molecular formula is C28H28N4O2. The number of rotatable bonds is 7. The molecule has 34 heavy (non-hydrogen) atoms. The Balaban J connectivity index is 1.23. The molecule has 3 heterocycles. The Morgan fingerprint density at radius 1 is 1.03 bits per heavy atom. The number of carbonyl (C=O) groups is 2. The maximum Gasteiger partial charge on any atom is 0.252 e. The van der Waals surface area contributed by atoms with Crippen molar-refractivity contribution in [2.45, 2.75) is 32.1 Å². The predicted molar refractivity (Wildman–Crippen MR) is 134 cm³/mol. The van der Waals surface area contributed by atoms with Crippen LogP contribution in [0.25, 0.3) is 10.9 Å². The van der Waals surface area contributed by atoms with Gasteiger partial charge in [0, 0.05) is 42.8 Å². The number of para-hydroxylation sites is 1. The van der Waals surface area contributed by atoms with E-state index in [4.69, 9.17) is 0 Å². The molecule has 0 saturated heterocycles. The molecule has 6 heteroatoms. The number of aryl methyl sites for hydroxylation is 2. The molecule has 0 spiro atoms. The summed E-state index contributed by atoms with van der Waals surface area (Å²) in [5, 5.41) is 4.18. The van der Waals surface area contributed by atoms with Crippen LogP contribution in [0.15, 0.2) is 73.1 Å². The van der Waals surface area contributed by atoms with E-state index in [2.05, 4.69) is 21.4 Å². The fraction of sp³-hybridized carbons (Fsp3) is 0.250. The fourth-order valence-electron chi connectivity index (χ4n) is 4.60. The minimum atomic E-state index is -0.169. The van der Waals surface area contributed by atoms with Gasteiger partial charge in [-0.25, -0.2) is 0 Å². The number of nitrogens with one attached hydrogen (secondary N) is 2. The molecule has 2 N–H and O–H groups in total. The number of fused-ring (bicyclic) bond motifs is 2. The van der Waals surface area contributed by atoms with Crippen LogP contribution in [0.4, 0.5) is 5.69 Å². The van der Waals surface area contributed by atoms with Crippen molar-refractivity contribution in [3.8, 4) is 0 Å². The molecule has 4 aromatic rings. The monoisotopic (exact) mass is 452 g/mol. The molecular weight excluding hydrogens is 424 g/mol. The van der Waals surface area contributed by atoms with Crippen LogP contribution in [0.3, 0.4) is 0 Å². The summed E-state index contributed by atoms with van der Waals surface area (Å²) in [7, 11) is 0. The molecule has 1 aliphatic rings. The van der Waals surface area contributed by atoms with Crippen LogP contribution in [0.5, 0.6) is 0 Å². The number of hydrogen-bond acceptors (Lipinski definition) is 3. The van der Waals surface area contributed by atoms with Crippen molar-refractivity contribution in [3.63, 3.8) is 0 Å². The van der Waals surface area contributed by atoms with Crippen molar-refractivity contribution in [1.82, 2.24) is 15.3 Å². The lowest BCUT2D eigenvalue weighted by atomic mass is 10.0. The smallest absolute Gasteiger partial charge is 0.252 e. The Morgan fingerprint density at radius 3 is 2.74 bits per heavy atom. The molecule has 0 fully saturated rings. The second-order valence-corrected chi connectivity index (χ2v) is 8.69. The number of nitrogens with zero attached hydrogens (tertiary/aromatic N) is 2. The van der Waals surface area contributed by atoms with Gasteiger partial charge in [-0.1, -0.05) is 48.5 Å². The number of H-pyrrole nitrogens is 1. The van der Waals surface area contributed by atoms with E-state index in [0.717, 1.165) is 41.7 Å². The zero-order valence-corrected chi connectivity index (χ0v) is 19.1. The summed E-state index contributed by atoms with van der Waals surface area (Å²) >= 11 is 0. The van der Waals surface area contributed by atoms with E-state index in [0.29, 0.717) is 31.5 Å². The summed E-state index contributed by atoms with van der Waals surface area (Å²) in [6.07, 6.45) is 7.19. The van der Waals surface area contributed by atoms with Crippen molar-refractivity contribution in [2.75, 3.05) is 18.0 Å². The fourth-order valence-corrected chi connectivity index (χ4v) is 4.60. The van der Waals surface area contributed by atoms with Crippen molar-refractivity contribution in [3.05, 3.63) is 95.4 Å². The van der Waals surface area contributed by atoms with Crippen molar-refractivity contribution in [1.29, 1.82) is 0 Å². The second-order valence-electron chi connectivity index (χ2n) is 8.69. The van der Waals surface area contributed by atoms with Gasteiger partial charge in [-0.15, -0.1) is 0 Å². The number of hydrogen-bond donors (Lipinski definition) is 2. The Hall–Kier alpha value is -3.93. The Morgan fingerprint density at radius 2 is 1.85 bits per heavy atom. The normalized spacial score (nSPS) is 13.0. The maximum atomic E-state index is 13.0. The van der Waals surface area contributed by atoms with Crippen LogP contribution >= 0.6 is 0 Å². The van der Waals surface area contributed by atoms with Gasteiger partial charge in [0.1, 0.15) is 0 Å². The average molecular weight is 453 g/mol. The first-order valence-electron chi connectivity index (χ1n) is 11.9. The molecule has 2 aromatic carbocycles. The number of aromatic nitrogens is 2. The lowest BCUT2D eigenvalue weighted by Gasteiger charge is -2.29. The Kier molecular flexibility index (Phi) is 6.38. The van der Waals surface area contributed by atoms with E-state index in [9.17, 15) is 9.59 Å². The molecule has 172 valence electrons. The molecule has 1 aliphatic heterocycles. The highest BCUT2D eigenvalue weighted by Crippen LogP contribution is 2.27. The lowest BCUT2D eigenvalue weighted by Crippen LogP contribution is -2.36. The molecule has 0 radical (unpaired) electrons. The predicted octanol–water partition coefficient (Wildman–Crippen LogP) is 4.45. The maximum absolute atomic E-state index is 13.0. The third kappa shape index (κ3) is 4.71. The minimum absolute atomic E-state index is 0.0727. The zero-order valence-electron chi connectivity index (χ0n) is 19.1. The Labute approximate surface area is 199 Å². The molecule has 2 aromatic heterocycles. The molecule has 2 amide bonds. The van der Waals surface area contributed by atoms with Gasteiger partial charge in [-0.2, -0.15) is 0 Å². The van der Waals surface area contributed by atoms with Crippen molar-refractivity contribution < 1.29 is 9.59 Å². The van der Waals surface area contributed by atoms with Crippen LogP contribution in [0.2, 0.25) is 0 Å². The topological polar surface area (TPSA) is 78.1 Å². The average Bonchev–Trinajstić information content (AvgIpc) is 3.30. The van der Waals surface area contributed by atoms with Gasteiger partial charge in [0.15, 0.2) is 0 Å². The molecule has 6 nitrogen and oxygen atoms in total. The first-order chi connectivity index (χ1) is 16.7. The second kappa shape index (κ2) is 9.91. The number of anilines is 1. The first-order valence-corrected chi connectivity index (χ1v) is 11.9. The molecule has 5 rings (SSSR count). The summed E-state index contributed by atoms with van der Waals surface area (Å²) < 4.78 is 0. The van der Waals surface area contributed by atoms with Crippen LogP contribution in [0.1, 0.15) is 40.0 Å². The summed E-state index contributed by atoms with van der Waals surface area (Å²) in [6, 6.07) is 20.0. The number of pyridine rings is 1. The van der Waals surface area contributed by atoms with E-state index in [-0.39, 0.29) is 11.8 Å².